The van der Waals surface area contributed by atoms with Crippen LogP contribution >= 0.6 is 0 Å². The van der Waals surface area contributed by atoms with Gasteiger partial charge in [-0.15, -0.1) is 0 Å². The van der Waals surface area contributed by atoms with E-state index in [1.807, 2.05) is 0 Å². The van der Waals surface area contributed by atoms with Gasteiger partial charge < -0.3 is 5.32 Å². The fourth-order valence-electron chi connectivity index (χ4n) is 2.86. The van der Waals surface area contributed by atoms with Crippen molar-refractivity contribution in [3.05, 3.63) is 0 Å². The molecule has 0 spiro atoms. The Labute approximate surface area is 114 Å². The summed E-state index contributed by atoms with van der Waals surface area (Å²) < 4.78 is 0. The number of hydrogen-bond donors (Lipinski definition) is 1. The molecule has 2 unspecified atom stereocenters. The van der Waals surface area contributed by atoms with Gasteiger partial charge in [0.05, 0.1) is 0 Å². The highest BCUT2D eigenvalue weighted by Gasteiger charge is 2.24. The first-order valence-corrected chi connectivity index (χ1v) is 7.91. The smallest absolute Gasteiger partial charge is 0.0221 e. The van der Waals surface area contributed by atoms with Crippen molar-refractivity contribution < 1.29 is 0 Å². The van der Waals surface area contributed by atoms with Crippen LogP contribution in [0.25, 0.3) is 0 Å². The van der Waals surface area contributed by atoms with E-state index < -0.39 is 0 Å². The first-order valence-electron chi connectivity index (χ1n) is 7.91. The lowest BCUT2D eigenvalue weighted by Gasteiger charge is -2.41. The molecule has 1 aliphatic heterocycles. The third-order valence-corrected chi connectivity index (χ3v) is 4.33. The predicted octanol–water partition coefficient (Wildman–Crippen LogP) is 2.18. The van der Waals surface area contributed by atoms with Gasteiger partial charge in [-0.2, -0.15) is 0 Å². The molecule has 0 amide bonds. The van der Waals surface area contributed by atoms with Crippen molar-refractivity contribution in [3.63, 3.8) is 0 Å². The molecule has 1 heterocycles. The molecule has 1 N–H and O–H groups in total. The van der Waals surface area contributed by atoms with E-state index in [1.54, 1.807) is 0 Å². The summed E-state index contributed by atoms with van der Waals surface area (Å²) in [5.74, 6) is 0. The van der Waals surface area contributed by atoms with Crippen LogP contribution in [0.3, 0.4) is 0 Å². The Morgan fingerprint density at radius 2 is 1.61 bits per heavy atom. The lowest BCUT2D eigenvalue weighted by atomic mass is 10.1. The normalized spacial score (nSPS) is 22.0. The van der Waals surface area contributed by atoms with E-state index in [9.17, 15) is 0 Å². The lowest BCUT2D eigenvalue weighted by Crippen LogP contribution is -2.54. The summed E-state index contributed by atoms with van der Waals surface area (Å²) in [5, 5.41) is 3.52. The highest BCUT2D eigenvalue weighted by Crippen LogP contribution is 2.13. The molecule has 1 rings (SSSR count). The van der Waals surface area contributed by atoms with Crippen molar-refractivity contribution in [2.24, 2.45) is 0 Å². The van der Waals surface area contributed by atoms with Crippen LogP contribution in [0.15, 0.2) is 0 Å². The van der Waals surface area contributed by atoms with Crippen LogP contribution in [0.2, 0.25) is 0 Å². The Morgan fingerprint density at radius 3 is 2.11 bits per heavy atom. The van der Waals surface area contributed by atoms with Crippen molar-refractivity contribution in [1.82, 2.24) is 15.1 Å². The quantitative estimate of drug-likeness (QED) is 0.717. The molecule has 3 nitrogen and oxygen atoms in total. The molecule has 1 saturated heterocycles. The zero-order valence-corrected chi connectivity index (χ0v) is 12.9. The third-order valence-electron chi connectivity index (χ3n) is 4.33. The fourth-order valence-corrected chi connectivity index (χ4v) is 2.86. The third kappa shape index (κ3) is 4.87. The van der Waals surface area contributed by atoms with Crippen molar-refractivity contribution >= 4 is 0 Å². The van der Waals surface area contributed by atoms with Gasteiger partial charge in [-0.3, -0.25) is 9.80 Å². The second-order valence-electron chi connectivity index (χ2n) is 5.58. The lowest BCUT2D eigenvalue weighted by molar-refractivity contribution is 0.0691. The van der Waals surface area contributed by atoms with Crippen LogP contribution in [0.1, 0.15) is 47.0 Å². The molecule has 108 valence electrons. The first-order chi connectivity index (χ1) is 8.72. The highest BCUT2D eigenvalue weighted by atomic mass is 15.3. The number of hydrogen-bond acceptors (Lipinski definition) is 3. The van der Waals surface area contributed by atoms with Crippen LogP contribution in [0, 0.1) is 0 Å². The van der Waals surface area contributed by atoms with Gasteiger partial charge in [-0.1, -0.05) is 27.2 Å². The van der Waals surface area contributed by atoms with Gasteiger partial charge in [-0.25, -0.2) is 0 Å². The number of nitrogens with zero attached hydrogens (tertiary/aromatic N) is 2. The van der Waals surface area contributed by atoms with E-state index in [2.05, 4.69) is 42.8 Å². The molecular weight excluding hydrogens is 222 g/mol. The molecule has 0 bridgehead atoms. The molecule has 18 heavy (non-hydrogen) atoms. The van der Waals surface area contributed by atoms with Crippen molar-refractivity contribution in [1.29, 1.82) is 0 Å². The van der Waals surface area contributed by atoms with Crippen molar-refractivity contribution in [2.45, 2.75) is 59.0 Å². The zero-order chi connectivity index (χ0) is 13.4. The van der Waals surface area contributed by atoms with E-state index in [-0.39, 0.29) is 0 Å². The van der Waals surface area contributed by atoms with E-state index >= 15 is 0 Å². The number of nitrogens with one attached hydrogen (secondary N) is 1. The maximum atomic E-state index is 3.52. The highest BCUT2D eigenvalue weighted by molar-refractivity contribution is 4.81. The Morgan fingerprint density at radius 1 is 1.00 bits per heavy atom. The minimum absolute atomic E-state index is 0.744. The Balaban J connectivity index is 2.37. The van der Waals surface area contributed by atoms with Gasteiger partial charge in [0.25, 0.3) is 0 Å². The minimum Gasteiger partial charge on any atom is -0.315 e. The maximum absolute atomic E-state index is 3.52. The van der Waals surface area contributed by atoms with E-state index in [1.165, 1.54) is 45.4 Å². The van der Waals surface area contributed by atoms with Crippen LogP contribution < -0.4 is 5.32 Å². The average molecular weight is 255 g/mol. The van der Waals surface area contributed by atoms with Crippen LogP contribution in [-0.4, -0.2) is 61.2 Å². The van der Waals surface area contributed by atoms with Crippen LogP contribution in [-0.2, 0) is 0 Å². The number of likely N-dealkylation sites (N-methyl/N-ethyl adjacent to an activating group) is 1. The molecule has 0 aromatic carbocycles. The molecule has 0 aromatic rings. The van der Waals surface area contributed by atoms with Crippen LogP contribution in [0.4, 0.5) is 0 Å². The summed E-state index contributed by atoms with van der Waals surface area (Å²) in [5.41, 5.74) is 0. The van der Waals surface area contributed by atoms with Crippen molar-refractivity contribution in [3.8, 4) is 0 Å². The fraction of sp³-hybridized carbons (Fsp3) is 1.00. The Bertz CT molecular complexity index is 200. The SMILES string of the molecule is CCCC(CNCC)N1CCN(C(C)CC)CC1. The molecule has 1 aliphatic rings. The predicted molar refractivity (Wildman–Crippen MR) is 80.1 cm³/mol. The average Bonchev–Trinajstić information content (AvgIpc) is 2.43. The molecule has 2 atom stereocenters. The van der Waals surface area contributed by atoms with Gasteiger partial charge in [0.2, 0.25) is 0 Å². The van der Waals surface area contributed by atoms with E-state index in [4.69, 9.17) is 0 Å². The summed E-state index contributed by atoms with van der Waals surface area (Å²) in [6, 6.07) is 1.50. The zero-order valence-electron chi connectivity index (χ0n) is 12.9. The second-order valence-corrected chi connectivity index (χ2v) is 5.58. The molecular formula is C15H33N3. The largest absolute Gasteiger partial charge is 0.315 e. The second kappa shape index (κ2) is 8.89. The van der Waals surface area contributed by atoms with E-state index in [0.29, 0.717) is 0 Å². The van der Waals surface area contributed by atoms with Crippen LogP contribution in [0.5, 0.6) is 0 Å². The number of piperazine rings is 1. The van der Waals surface area contributed by atoms with Gasteiger partial charge in [-0.05, 0) is 26.3 Å². The molecule has 3 heteroatoms. The van der Waals surface area contributed by atoms with Gasteiger partial charge in [0.15, 0.2) is 0 Å². The standard InChI is InChI=1S/C15H33N3/c1-5-8-15(13-16-7-3)18-11-9-17(10-12-18)14(4)6-2/h14-16H,5-13H2,1-4H3. The molecule has 0 saturated carbocycles. The minimum atomic E-state index is 0.744. The number of rotatable bonds is 8. The van der Waals surface area contributed by atoms with Gasteiger partial charge in [0, 0.05) is 44.8 Å². The topological polar surface area (TPSA) is 18.5 Å². The Hall–Kier alpha value is -0.120. The first kappa shape index (κ1) is 15.9. The monoisotopic (exact) mass is 255 g/mol. The summed E-state index contributed by atoms with van der Waals surface area (Å²) in [4.78, 5) is 5.35. The summed E-state index contributed by atoms with van der Waals surface area (Å²) in [6.07, 6.45) is 3.90. The molecule has 0 radical (unpaired) electrons. The summed E-state index contributed by atoms with van der Waals surface area (Å²) in [6.45, 7) is 16.4. The maximum Gasteiger partial charge on any atom is 0.0221 e. The van der Waals surface area contributed by atoms with Gasteiger partial charge >= 0.3 is 0 Å². The summed E-state index contributed by atoms with van der Waals surface area (Å²) >= 11 is 0. The van der Waals surface area contributed by atoms with Gasteiger partial charge in [0.1, 0.15) is 0 Å². The summed E-state index contributed by atoms with van der Waals surface area (Å²) in [7, 11) is 0. The molecule has 0 aromatic heterocycles. The molecule has 1 fully saturated rings. The van der Waals surface area contributed by atoms with E-state index in [0.717, 1.165) is 25.2 Å². The van der Waals surface area contributed by atoms with Crippen molar-refractivity contribution in [2.75, 3.05) is 39.3 Å². The Kier molecular flexibility index (Phi) is 7.87. The molecule has 0 aliphatic carbocycles.